The van der Waals surface area contributed by atoms with E-state index < -0.39 is 0 Å². The van der Waals surface area contributed by atoms with Crippen molar-refractivity contribution in [2.45, 2.75) is 33.2 Å². The highest BCUT2D eigenvalue weighted by atomic mass is 35.5. The number of carbonyl (C=O) groups excluding carboxylic acids is 1. The molecule has 2 heterocycles. The molecule has 0 spiro atoms. The Labute approximate surface area is 153 Å². The Morgan fingerprint density at radius 2 is 2.16 bits per heavy atom. The maximum Gasteiger partial charge on any atom is 0.261 e. The van der Waals surface area contributed by atoms with Gasteiger partial charge in [0.15, 0.2) is 0 Å². The van der Waals surface area contributed by atoms with E-state index in [1.165, 1.54) is 4.57 Å². The number of amides is 1. The van der Waals surface area contributed by atoms with Crippen LogP contribution < -0.4 is 11.3 Å². The predicted molar refractivity (Wildman–Crippen MR) is 101 cm³/mol. The molecule has 7 heteroatoms. The number of carbonyl (C=O) groups is 1. The number of aromatic nitrogens is 2. The lowest BCUT2D eigenvalue weighted by atomic mass is 9.90. The van der Waals surface area contributed by atoms with E-state index in [0.29, 0.717) is 31.4 Å². The minimum Gasteiger partial charge on any atom is -0.342 e. The van der Waals surface area contributed by atoms with Gasteiger partial charge in [-0.3, -0.25) is 14.2 Å². The molecular weight excluding hydrogens is 340 g/mol. The Morgan fingerprint density at radius 3 is 2.84 bits per heavy atom. The third-order valence-electron chi connectivity index (χ3n) is 5.03. The van der Waals surface area contributed by atoms with E-state index in [1.54, 1.807) is 12.4 Å². The van der Waals surface area contributed by atoms with Gasteiger partial charge >= 0.3 is 0 Å². The minimum atomic E-state index is -0.0929. The first-order valence-corrected chi connectivity index (χ1v) is 8.36. The van der Waals surface area contributed by atoms with Crippen molar-refractivity contribution in [3.63, 3.8) is 0 Å². The van der Waals surface area contributed by atoms with E-state index in [0.717, 1.165) is 24.0 Å². The number of rotatable bonds is 4. The summed E-state index contributed by atoms with van der Waals surface area (Å²) in [6.07, 6.45) is 2.78. The molecule has 25 heavy (non-hydrogen) atoms. The fourth-order valence-corrected chi connectivity index (χ4v) is 3.27. The minimum absolute atomic E-state index is 0. The van der Waals surface area contributed by atoms with Crippen LogP contribution >= 0.6 is 12.4 Å². The Kier molecular flexibility index (Phi) is 5.85. The van der Waals surface area contributed by atoms with Gasteiger partial charge in [-0.1, -0.05) is 19.1 Å². The largest absolute Gasteiger partial charge is 0.342 e. The molecule has 0 aliphatic carbocycles. The van der Waals surface area contributed by atoms with Gasteiger partial charge in [-0.2, -0.15) is 0 Å². The maximum absolute atomic E-state index is 12.5. The molecule has 1 atom stereocenters. The smallest absolute Gasteiger partial charge is 0.261 e. The molecular formula is C18H25ClN4O2. The van der Waals surface area contributed by atoms with Crippen LogP contribution in [-0.2, 0) is 11.3 Å². The fourth-order valence-electron chi connectivity index (χ4n) is 3.27. The van der Waals surface area contributed by atoms with Crippen molar-refractivity contribution >= 4 is 29.2 Å². The van der Waals surface area contributed by atoms with Crippen molar-refractivity contribution in [2.24, 2.45) is 11.1 Å². The first-order chi connectivity index (χ1) is 11.4. The van der Waals surface area contributed by atoms with E-state index in [1.807, 2.05) is 24.0 Å². The maximum atomic E-state index is 12.5. The molecule has 0 saturated carbocycles. The van der Waals surface area contributed by atoms with Gasteiger partial charge in [-0.25, -0.2) is 4.98 Å². The number of fused-ring (bicyclic) bond motifs is 1. The quantitative estimate of drug-likeness (QED) is 0.895. The van der Waals surface area contributed by atoms with Crippen molar-refractivity contribution in [1.29, 1.82) is 0 Å². The summed E-state index contributed by atoms with van der Waals surface area (Å²) in [5.74, 6) is 0.0726. The number of para-hydroxylation sites is 1. The van der Waals surface area contributed by atoms with Gasteiger partial charge in [0.25, 0.3) is 5.56 Å². The molecule has 1 aliphatic heterocycles. The highest BCUT2D eigenvalue weighted by Gasteiger charge is 2.34. The molecule has 3 rings (SSSR count). The van der Waals surface area contributed by atoms with Crippen LogP contribution in [0.25, 0.3) is 10.9 Å². The van der Waals surface area contributed by atoms with E-state index in [9.17, 15) is 9.59 Å². The van der Waals surface area contributed by atoms with E-state index in [2.05, 4.69) is 11.9 Å². The molecule has 1 aliphatic rings. The van der Waals surface area contributed by atoms with Gasteiger partial charge in [0.2, 0.25) is 5.91 Å². The lowest BCUT2D eigenvalue weighted by molar-refractivity contribution is -0.130. The number of halogens is 1. The van der Waals surface area contributed by atoms with Gasteiger partial charge in [0, 0.05) is 26.1 Å². The first-order valence-electron chi connectivity index (χ1n) is 8.36. The fraction of sp³-hybridized carbons (Fsp3) is 0.500. The molecule has 1 saturated heterocycles. The van der Waals surface area contributed by atoms with Crippen LogP contribution in [0.3, 0.4) is 0 Å². The molecule has 1 unspecified atom stereocenters. The lowest BCUT2D eigenvalue weighted by Gasteiger charge is -2.22. The summed E-state index contributed by atoms with van der Waals surface area (Å²) < 4.78 is 1.53. The molecule has 1 aromatic heterocycles. The van der Waals surface area contributed by atoms with E-state index in [4.69, 9.17) is 5.73 Å². The lowest BCUT2D eigenvalue weighted by Crippen LogP contribution is -2.35. The normalized spacial score (nSPS) is 19.9. The summed E-state index contributed by atoms with van der Waals surface area (Å²) in [5, 5.41) is 0.599. The molecule has 136 valence electrons. The zero-order chi connectivity index (χ0) is 17.3. The van der Waals surface area contributed by atoms with Gasteiger partial charge in [-0.05, 0) is 36.9 Å². The molecule has 1 aromatic carbocycles. The number of benzene rings is 1. The van der Waals surface area contributed by atoms with Crippen molar-refractivity contribution in [2.75, 3.05) is 19.6 Å². The van der Waals surface area contributed by atoms with Crippen molar-refractivity contribution in [3.8, 4) is 0 Å². The number of hydrogen-bond acceptors (Lipinski definition) is 4. The molecule has 0 radical (unpaired) electrons. The van der Waals surface area contributed by atoms with Gasteiger partial charge in [0.1, 0.15) is 0 Å². The first kappa shape index (κ1) is 19.4. The molecule has 6 nitrogen and oxygen atoms in total. The second-order valence-corrected chi connectivity index (χ2v) is 7.04. The molecule has 2 aromatic rings. The van der Waals surface area contributed by atoms with Crippen molar-refractivity contribution in [3.05, 3.63) is 40.4 Å². The summed E-state index contributed by atoms with van der Waals surface area (Å²) in [7, 11) is 0. The summed E-state index contributed by atoms with van der Waals surface area (Å²) in [6, 6.07) is 5.57. The highest BCUT2D eigenvalue weighted by molar-refractivity contribution is 5.85. The third-order valence-corrected chi connectivity index (χ3v) is 5.03. The van der Waals surface area contributed by atoms with Gasteiger partial charge < -0.3 is 10.6 Å². The van der Waals surface area contributed by atoms with Crippen LogP contribution in [0.15, 0.2) is 29.3 Å². The second-order valence-electron chi connectivity index (χ2n) is 7.04. The Bertz CT molecular complexity index is 835. The monoisotopic (exact) mass is 364 g/mol. The third kappa shape index (κ3) is 3.85. The van der Waals surface area contributed by atoms with Crippen LogP contribution in [0.4, 0.5) is 0 Å². The summed E-state index contributed by atoms with van der Waals surface area (Å²) in [4.78, 5) is 31.2. The summed E-state index contributed by atoms with van der Waals surface area (Å²) >= 11 is 0. The van der Waals surface area contributed by atoms with E-state index >= 15 is 0 Å². The average molecular weight is 365 g/mol. The van der Waals surface area contributed by atoms with Crippen LogP contribution in [0, 0.1) is 12.3 Å². The van der Waals surface area contributed by atoms with Crippen LogP contribution in [0.5, 0.6) is 0 Å². The molecule has 2 N–H and O–H groups in total. The van der Waals surface area contributed by atoms with Crippen LogP contribution in [-0.4, -0.2) is 40.0 Å². The highest BCUT2D eigenvalue weighted by Crippen LogP contribution is 2.28. The Hall–Kier alpha value is -1.92. The topological polar surface area (TPSA) is 81.2 Å². The van der Waals surface area contributed by atoms with Gasteiger partial charge in [0.05, 0.1) is 17.2 Å². The number of aryl methyl sites for hydroxylation is 2. The summed E-state index contributed by atoms with van der Waals surface area (Å²) in [6.45, 7) is 6.43. The Balaban J connectivity index is 0.00000225. The zero-order valence-electron chi connectivity index (χ0n) is 14.7. The molecule has 1 amide bonds. The van der Waals surface area contributed by atoms with E-state index in [-0.39, 0.29) is 29.3 Å². The zero-order valence-corrected chi connectivity index (χ0v) is 15.5. The van der Waals surface area contributed by atoms with Gasteiger partial charge in [-0.15, -0.1) is 12.4 Å². The summed E-state index contributed by atoms with van der Waals surface area (Å²) in [5.41, 5.74) is 7.42. The van der Waals surface area contributed by atoms with Crippen molar-refractivity contribution < 1.29 is 4.79 Å². The average Bonchev–Trinajstić information content (AvgIpc) is 2.98. The second kappa shape index (κ2) is 7.54. The Morgan fingerprint density at radius 1 is 1.40 bits per heavy atom. The number of nitrogens with two attached hydrogens (primary N) is 1. The molecule has 1 fully saturated rings. The number of hydrogen-bond donors (Lipinski definition) is 1. The SMILES string of the molecule is Cc1cccc2c(=O)n(CCC(=O)N3CCC(C)(CN)C3)cnc12.Cl. The number of nitrogens with zero attached hydrogens (tertiary/aromatic N) is 3. The standard InChI is InChI=1S/C18H24N4O2.ClH/c1-13-4-3-5-14-16(13)20-12-22(17(14)24)8-6-15(23)21-9-7-18(2,10-19)11-21;/h3-5,12H,6-11,19H2,1-2H3;1H. The predicted octanol–water partition coefficient (Wildman–Crippen LogP) is 1.71. The van der Waals surface area contributed by atoms with Crippen molar-refractivity contribution in [1.82, 2.24) is 14.5 Å². The van der Waals surface area contributed by atoms with Crippen LogP contribution in [0.2, 0.25) is 0 Å². The van der Waals surface area contributed by atoms with Crippen LogP contribution in [0.1, 0.15) is 25.3 Å². The number of likely N-dealkylation sites (tertiary alicyclic amines) is 1. The molecule has 0 bridgehead atoms.